The Morgan fingerprint density at radius 1 is 0.667 bits per heavy atom. The summed E-state index contributed by atoms with van der Waals surface area (Å²) >= 11 is 0. The highest BCUT2D eigenvalue weighted by Gasteiger charge is 2.35. The van der Waals surface area contributed by atoms with Crippen molar-refractivity contribution < 1.29 is 0 Å². The summed E-state index contributed by atoms with van der Waals surface area (Å²) in [5.41, 5.74) is 1.47. The molecule has 30 heavy (non-hydrogen) atoms. The molecule has 1 aliphatic heterocycles. The van der Waals surface area contributed by atoms with Crippen LogP contribution in [-0.4, -0.2) is 12.4 Å². The predicted octanol–water partition coefficient (Wildman–Crippen LogP) is 8.61. The maximum atomic E-state index is 4.66. The molecule has 0 radical (unpaired) electrons. The van der Waals surface area contributed by atoms with E-state index < -0.39 is 0 Å². The van der Waals surface area contributed by atoms with Crippen LogP contribution in [0.3, 0.4) is 0 Å². The molecule has 166 valence electrons. The maximum Gasteiger partial charge on any atom is 0.244 e. The molecule has 2 unspecified atom stereocenters. The van der Waals surface area contributed by atoms with Crippen LogP contribution in [0.25, 0.3) is 0 Å². The molecule has 0 fully saturated rings. The summed E-state index contributed by atoms with van der Waals surface area (Å²) in [7, 11) is 0. The van der Waals surface area contributed by atoms with E-state index in [0.717, 1.165) is 12.6 Å². The fourth-order valence-electron chi connectivity index (χ4n) is 4.71. The molecule has 2 nitrogen and oxygen atoms in total. The number of hydrogen-bond donors (Lipinski definition) is 0. The summed E-state index contributed by atoms with van der Waals surface area (Å²) < 4.78 is 0. The molecule has 0 spiro atoms. The van der Waals surface area contributed by atoms with Crippen LogP contribution in [0.5, 0.6) is 0 Å². The van der Waals surface area contributed by atoms with E-state index in [1.807, 2.05) is 12.4 Å². The zero-order valence-electron chi connectivity index (χ0n) is 19.7. The van der Waals surface area contributed by atoms with Gasteiger partial charge in [-0.1, -0.05) is 131 Å². The molecule has 2 atom stereocenters. The number of rotatable bonds is 18. The Morgan fingerprint density at radius 3 is 1.80 bits per heavy atom. The topological polar surface area (TPSA) is 24.7 Å². The molecule has 0 amide bonds. The minimum absolute atomic E-state index is 0.502. The van der Waals surface area contributed by atoms with Gasteiger partial charge in [0, 0.05) is 0 Å². The van der Waals surface area contributed by atoms with Crippen LogP contribution in [0, 0.1) is 18.0 Å². The number of aliphatic imine (C=N–C) groups is 2. The summed E-state index contributed by atoms with van der Waals surface area (Å²) in [5, 5.41) is 0. The minimum atomic E-state index is 0.502. The third-order valence-electron chi connectivity index (χ3n) is 6.52. The highest BCUT2D eigenvalue weighted by Crippen LogP contribution is 2.37. The average Bonchev–Trinajstić information content (AvgIpc) is 3.30. The first kappa shape index (κ1) is 24.7. The van der Waals surface area contributed by atoms with Crippen molar-refractivity contribution in [2.24, 2.45) is 21.8 Å². The standard InChI is InChI=1S/C28H45N2/c1-3-5-7-9-10-12-16-20-26(24-25-18-14-13-15-19-25)27(28-29-22-23-30-28)21-17-11-8-6-4-2/h13-15,18-19,22-23,26-27H,3-12,16-17,20-21,24H2,1-2H3/q+1. The van der Waals surface area contributed by atoms with Gasteiger partial charge in [0.15, 0.2) is 12.4 Å². The van der Waals surface area contributed by atoms with Crippen molar-refractivity contribution in [3.05, 3.63) is 42.1 Å². The van der Waals surface area contributed by atoms with Gasteiger partial charge in [-0.15, -0.1) is 0 Å². The lowest BCUT2D eigenvalue weighted by Gasteiger charge is -2.26. The maximum absolute atomic E-state index is 4.66. The first-order valence-corrected chi connectivity index (χ1v) is 12.8. The lowest BCUT2D eigenvalue weighted by Crippen LogP contribution is -2.22. The zero-order chi connectivity index (χ0) is 21.3. The van der Waals surface area contributed by atoms with Crippen LogP contribution in [0.15, 0.2) is 40.3 Å². The van der Waals surface area contributed by atoms with Gasteiger partial charge in [0.05, 0.1) is 5.92 Å². The molecule has 0 N–H and O–H groups in total. The Bertz CT molecular complexity index is 566. The third-order valence-corrected chi connectivity index (χ3v) is 6.52. The van der Waals surface area contributed by atoms with Crippen molar-refractivity contribution in [1.29, 1.82) is 0 Å². The van der Waals surface area contributed by atoms with Crippen molar-refractivity contribution in [1.82, 2.24) is 0 Å². The quantitative estimate of drug-likeness (QED) is 0.171. The summed E-state index contributed by atoms with van der Waals surface area (Å²) in [6, 6.07) is 11.1. The van der Waals surface area contributed by atoms with E-state index in [-0.39, 0.29) is 0 Å². The summed E-state index contributed by atoms with van der Waals surface area (Å²) in [6.45, 7) is 4.58. The molecule has 0 bridgehead atoms. The zero-order valence-corrected chi connectivity index (χ0v) is 19.7. The van der Waals surface area contributed by atoms with Gasteiger partial charge in [-0.25, -0.2) is 0 Å². The Labute approximate surface area is 186 Å². The fourth-order valence-corrected chi connectivity index (χ4v) is 4.71. The monoisotopic (exact) mass is 409 g/mol. The van der Waals surface area contributed by atoms with Gasteiger partial charge in [0.2, 0.25) is 6.17 Å². The molecule has 0 aromatic heterocycles. The third kappa shape index (κ3) is 9.96. The van der Waals surface area contributed by atoms with Crippen molar-refractivity contribution in [3.63, 3.8) is 0 Å². The summed E-state index contributed by atoms with van der Waals surface area (Å²) in [6.07, 6.45) is 24.9. The molecule has 2 rings (SSSR count). The normalized spacial score (nSPS) is 15.1. The molecule has 0 aliphatic carbocycles. The molecule has 2 heteroatoms. The van der Waals surface area contributed by atoms with Gasteiger partial charge in [-0.3, -0.25) is 0 Å². The smallest absolute Gasteiger partial charge is 0.0965 e. The largest absolute Gasteiger partial charge is 0.244 e. The molecular weight excluding hydrogens is 364 g/mol. The second kappa shape index (κ2) is 16.2. The van der Waals surface area contributed by atoms with Gasteiger partial charge in [-0.05, 0) is 30.7 Å². The highest BCUT2D eigenvalue weighted by atomic mass is 15.0. The molecule has 0 saturated carbocycles. The van der Waals surface area contributed by atoms with Gasteiger partial charge in [0.25, 0.3) is 0 Å². The molecule has 1 heterocycles. The Kier molecular flexibility index (Phi) is 13.3. The van der Waals surface area contributed by atoms with Gasteiger partial charge < -0.3 is 0 Å². The predicted molar refractivity (Wildman–Crippen MR) is 133 cm³/mol. The van der Waals surface area contributed by atoms with E-state index in [0.29, 0.717) is 11.8 Å². The molecule has 0 saturated heterocycles. The second-order valence-electron chi connectivity index (χ2n) is 9.08. The fraction of sp³-hybridized carbons (Fsp3) is 0.679. The van der Waals surface area contributed by atoms with E-state index in [4.69, 9.17) is 0 Å². The van der Waals surface area contributed by atoms with Gasteiger partial charge in [0.1, 0.15) is 0 Å². The first-order chi connectivity index (χ1) is 14.8. The Hall–Kier alpha value is -1.57. The van der Waals surface area contributed by atoms with Crippen molar-refractivity contribution >= 4 is 12.4 Å². The van der Waals surface area contributed by atoms with Crippen LogP contribution in [0.1, 0.15) is 109 Å². The Morgan fingerprint density at radius 2 is 1.20 bits per heavy atom. The van der Waals surface area contributed by atoms with Crippen LogP contribution < -0.4 is 0 Å². The SMILES string of the molecule is CCCCCCCCCC(Cc1ccccc1)C(CCCCCCC)[C+]1N=CC=N1. The second-order valence-corrected chi connectivity index (χ2v) is 9.08. The van der Waals surface area contributed by atoms with Crippen molar-refractivity contribution in [2.75, 3.05) is 0 Å². The number of benzene rings is 1. The van der Waals surface area contributed by atoms with Crippen LogP contribution in [-0.2, 0) is 6.42 Å². The minimum Gasteiger partial charge on any atom is -0.0965 e. The molecule has 1 aliphatic rings. The van der Waals surface area contributed by atoms with E-state index in [2.05, 4.69) is 54.2 Å². The number of unbranched alkanes of at least 4 members (excludes halogenated alkanes) is 10. The average molecular weight is 410 g/mol. The van der Waals surface area contributed by atoms with Gasteiger partial charge in [-0.2, -0.15) is 0 Å². The van der Waals surface area contributed by atoms with Crippen molar-refractivity contribution in [2.45, 2.75) is 110 Å². The van der Waals surface area contributed by atoms with Crippen LogP contribution >= 0.6 is 0 Å². The van der Waals surface area contributed by atoms with Crippen LogP contribution in [0.4, 0.5) is 0 Å². The van der Waals surface area contributed by atoms with Crippen molar-refractivity contribution in [3.8, 4) is 0 Å². The van der Waals surface area contributed by atoms with E-state index in [9.17, 15) is 0 Å². The molecular formula is C28H45N2+. The van der Waals surface area contributed by atoms with Gasteiger partial charge >= 0.3 is 0 Å². The number of nitrogens with zero attached hydrogens (tertiary/aromatic N) is 2. The summed E-state index contributed by atoms with van der Waals surface area (Å²) in [4.78, 5) is 9.32. The highest BCUT2D eigenvalue weighted by molar-refractivity contribution is 6.18. The van der Waals surface area contributed by atoms with E-state index >= 15 is 0 Å². The number of hydrogen-bond acceptors (Lipinski definition) is 2. The van der Waals surface area contributed by atoms with Crippen LogP contribution in [0.2, 0.25) is 0 Å². The molecule has 1 aromatic rings. The Balaban J connectivity index is 1.94. The lowest BCUT2D eigenvalue weighted by molar-refractivity contribution is 0.284. The van der Waals surface area contributed by atoms with E-state index in [1.54, 1.807) is 0 Å². The first-order valence-electron chi connectivity index (χ1n) is 12.8. The summed E-state index contributed by atoms with van der Waals surface area (Å²) in [5.74, 6) is 1.15. The molecule has 1 aromatic carbocycles. The van der Waals surface area contributed by atoms with E-state index in [1.165, 1.54) is 95.5 Å². The lowest BCUT2D eigenvalue weighted by atomic mass is 9.78.